The van der Waals surface area contributed by atoms with Crippen molar-refractivity contribution in [3.05, 3.63) is 35.4 Å². The Morgan fingerprint density at radius 1 is 1.04 bits per heavy atom. The summed E-state index contributed by atoms with van der Waals surface area (Å²) < 4.78 is 5.54. The van der Waals surface area contributed by atoms with Crippen LogP contribution in [0.2, 0.25) is 0 Å². The molecule has 0 atom stereocenters. The van der Waals surface area contributed by atoms with Gasteiger partial charge in [0.05, 0.1) is 13.2 Å². The van der Waals surface area contributed by atoms with E-state index in [2.05, 4.69) is 41.4 Å². The second-order valence-corrected chi connectivity index (χ2v) is 8.59. The van der Waals surface area contributed by atoms with Crippen LogP contribution >= 0.6 is 0 Å². The molecule has 0 bridgehead atoms. The van der Waals surface area contributed by atoms with Crippen LogP contribution in [0.3, 0.4) is 0 Å². The summed E-state index contributed by atoms with van der Waals surface area (Å²) in [5, 5.41) is 3.52. The van der Waals surface area contributed by atoms with Crippen molar-refractivity contribution in [2.75, 3.05) is 26.3 Å². The predicted molar refractivity (Wildman–Crippen MR) is 103 cm³/mol. The number of carbonyl (C=O) groups is 1. The first-order valence-corrected chi connectivity index (χ1v) is 10.3. The van der Waals surface area contributed by atoms with Crippen molar-refractivity contribution in [1.82, 2.24) is 10.2 Å². The number of aryl methyl sites for hydroxylation is 1. The quantitative estimate of drug-likeness (QED) is 0.881. The molecule has 2 saturated carbocycles. The Morgan fingerprint density at radius 3 is 2.31 bits per heavy atom. The fourth-order valence-electron chi connectivity index (χ4n) is 4.77. The first kappa shape index (κ1) is 18.0. The van der Waals surface area contributed by atoms with Gasteiger partial charge < -0.3 is 10.1 Å². The predicted octanol–water partition coefficient (Wildman–Crippen LogP) is 3.22. The van der Waals surface area contributed by atoms with Crippen LogP contribution in [0.25, 0.3) is 0 Å². The summed E-state index contributed by atoms with van der Waals surface area (Å²) in [6, 6.07) is 8.76. The van der Waals surface area contributed by atoms with Crippen LogP contribution in [0.1, 0.15) is 56.1 Å². The molecule has 0 radical (unpaired) electrons. The fourth-order valence-corrected chi connectivity index (χ4v) is 4.77. The molecule has 1 heterocycles. The van der Waals surface area contributed by atoms with Crippen molar-refractivity contribution in [2.45, 2.75) is 69.4 Å². The standard InChI is InChI=1S/C22H32N2O2/c1-18-5-7-19(8-6-18)17-21(11-12-21)23-20(25)22(9-3-2-4-10-22)24-13-15-26-16-14-24/h5-8H,2-4,9-17H2,1H3,(H,23,25). The maximum absolute atomic E-state index is 13.5. The van der Waals surface area contributed by atoms with Crippen LogP contribution < -0.4 is 5.32 Å². The number of benzene rings is 1. The second kappa shape index (κ2) is 7.32. The second-order valence-electron chi connectivity index (χ2n) is 8.59. The molecular formula is C22H32N2O2. The molecule has 0 spiro atoms. The molecule has 1 N–H and O–H groups in total. The lowest BCUT2D eigenvalue weighted by atomic mass is 9.78. The molecule has 1 aromatic carbocycles. The van der Waals surface area contributed by atoms with E-state index in [9.17, 15) is 4.79 Å². The molecule has 2 aliphatic carbocycles. The number of ether oxygens (including phenoxy) is 1. The van der Waals surface area contributed by atoms with Gasteiger partial charge in [0.25, 0.3) is 0 Å². The highest BCUT2D eigenvalue weighted by Gasteiger charge is 2.51. The minimum Gasteiger partial charge on any atom is -0.379 e. The van der Waals surface area contributed by atoms with Gasteiger partial charge in [-0.1, -0.05) is 49.1 Å². The number of morpholine rings is 1. The van der Waals surface area contributed by atoms with Crippen molar-refractivity contribution < 1.29 is 9.53 Å². The van der Waals surface area contributed by atoms with E-state index in [4.69, 9.17) is 4.74 Å². The Morgan fingerprint density at radius 2 is 1.69 bits per heavy atom. The number of hydrogen-bond acceptors (Lipinski definition) is 3. The SMILES string of the molecule is Cc1ccc(CC2(NC(=O)C3(N4CCOCC4)CCCCC3)CC2)cc1. The lowest BCUT2D eigenvalue weighted by Crippen LogP contribution is -2.64. The Labute approximate surface area is 157 Å². The van der Waals surface area contributed by atoms with Crippen LogP contribution in [0.15, 0.2) is 24.3 Å². The van der Waals surface area contributed by atoms with Crippen LogP contribution in [0.4, 0.5) is 0 Å². The van der Waals surface area contributed by atoms with E-state index < -0.39 is 0 Å². The smallest absolute Gasteiger partial charge is 0.240 e. The van der Waals surface area contributed by atoms with Crippen molar-refractivity contribution >= 4 is 5.91 Å². The number of rotatable bonds is 5. The minimum absolute atomic E-state index is 0.0108. The van der Waals surface area contributed by atoms with E-state index in [0.29, 0.717) is 0 Å². The largest absolute Gasteiger partial charge is 0.379 e. The topological polar surface area (TPSA) is 41.6 Å². The molecular weight excluding hydrogens is 324 g/mol. The van der Waals surface area contributed by atoms with E-state index in [-0.39, 0.29) is 17.0 Å². The van der Waals surface area contributed by atoms with Gasteiger partial charge in [-0.2, -0.15) is 0 Å². The van der Waals surface area contributed by atoms with Crippen molar-refractivity contribution in [3.8, 4) is 0 Å². The highest BCUT2D eigenvalue weighted by molar-refractivity contribution is 5.87. The van der Waals surface area contributed by atoms with Gasteiger partial charge in [0.15, 0.2) is 0 Å². The molecule has 1 saturated heterocycles. The number of nitrogens with one attached hydrogen (secondary N) is 1. The summed E-state index contributed by atoms with van der Waals surface area (Å²) in [6.45, 7) is 5.40. The third kappa shape index (κ3) is 3.67. The Kier molecular flexibility index (Phi) is 5.07. The van der Waals surface area contributed by atoms with E-state index in [0.717, 1.165) is 71.2 Å². The van der Waals surface area contributed by atoms with Gasteiger partial charge in [0.1, 0.15) is 5.54 Å². The normalized spacial score (nSPS) is 24.8. The van der Waals surface area contributed by atoms with Crippen LogP contribution in [0, 0.1) is 6.92 Å². The lowest BCUT2D eigenvalue weighted by Gasteiger charge is -2.47. The molecule has 1 aromatic rings. The Hall–Kier alpha value is -1.39. The summed E-state index contributed by atoms with van der Waals surface area (Å²) in [4.78, 5) is 15.9. The average Bonchev–Trinajstić information content (AvgIpc) is 3.44. The molecule has 0 aromatic heterocycles. The Balaban J connectivity index is 1.48. The molecule has 26 heavy (non-hydrogen) atoms. The maximum Gasteiger partial charge on any atom is 0.240 e. The van der Waals surface area contributed by atoms with Gasteiger partial charge in [-0.25, -0.2) is 0 Å². The molecule has 1 amide bonds. The Bertz CT molecular complexity index is 624. The van der Waals surface area contributed by atoms with Gasteiger partial charge in [0, 0.05) is 18.6 Å². The fraction of sp³-hybridized carbons (Fsp3) is 0.682. The summed E-state index contributed by atoms with van der Waals surface area (Å²) in [5.41, 5.74) is 2.31. The van der Waals surface area contributed by atoms with E-state index in [1.807, 2.05) is 0 Å². The lowest BCUT2D eigenvalue weighted by molar-refractivity contribution is -0.141. The third-order valence-corrected chi connectivity index (χ3v) is 6.62. The first-order valence-electron chi connectivity index (χ1n) is 10.3. The molecule has 4 nitrogen and oxygen atoms in total. The van der Waals surface area contributed by atoms with Gasteiger partial charge in [0.2, 0.25) is 5.91 Å². The molecule has 3 fully saturated rings. The first-order chi connectivity index (χ1) is 12.6. The zero-order chi connectivity index (χ0) is 18.0. The number of carbonyl (C=O) groups excluding carboxylic acids is 1. The summed E-state index contributed by atoms with van der Waals surface area (Å²) in [6.07, 6.45) is 8.74. The highest BCUT2D eigenvalue weighted by atomic mass is 16.5. The molecule has 142 valence electrons. The van der Waals surface area contributed by atoms with Gasteiger partial charge in [-0.05, 0) is 44.6 Å². The minimum atomic E-state index is -0.301. The van der Waals surface area contributed by atoms with Crippen LogP contribution in [-0.2, 0) is 16.0 Å². The molecule has 1 aliphatic heterocycles. The van der Waals surface area contributed by atoms with Crippen LogP contribution in [0.5, 0.6) is 0 Å². The zero-order valence-corrected chi connectivity index (χ0v) is 16.1. The van der Waals surface area contributed by atoms with E-state index >= 15 is 0 Å². The summed E-state index contributed by atoms with van der Waals surface area (Å²) in [7, 11) is 0. The van der Waals surface area contributed by atoms with Crippen molar-refractivity contribution in [1.29, 1.82) is 0 Å². The maximum atomic E-state index is 13.5. The van der Waals surface area contributed by atoms with Gasteiger partial charge in [-0.3, -0.25) is 9.69 Å². The van der Waals surface area contributed by atoms with Crippen molar-refractivity contribution in [2.24, 2.45) is 0 Å². The molecule has 4 heteroatoms. The summed E-state index contributed by atoms with van der Waals surface area (Å²) in [5.74, 6) is 0.281. The van der Waals surface area contributed by atoms with E-state index in [1.54, 1.807) is 0 Å². The van der Waals surface area contributed by atoms with Crippen molar-refractivity contribution in [3.63, 3.8) is 0 Å². The van der Waals surface area contributed by atoms with Gasteiger partial charge in [-0.15, -0.1) is 0 Å². The molecule has 3 aliphatic rings. The third-order valence-electron chi connectivity index (χ3n) is 6.62. The molecule has 4 rings (SSSR count). The highest BCUT2D eigenvalue weighted by Crippen LogP contribution is 2.41. The monoisotopic (exact) mass is 356 g/mol. The number of nitrogens with zero attached hydrogens (tertiary/aromatic N) is 1. The summed E-state index contributed by atoms with van der Waals surface area (Å²) >= 11 is 0. The number of amides is 1. The van der Waals surface area contributed by atoms with Crippen LogP contribution in [-0.4, -0.2) is 48.2 Å². The molecule has 0 unspecified atom stereocenters. The van der Waals surface area contributed by atoms with E-state index in [1.165, 1.54) is 17.5 Å². The average molecular weight is 357 g/mol. The van der Waals surface area contributed by atoms with Gasteiger partial charge >= 0.3 is 0 Å². The number of hydrogen-bond donors (Lipinski definition) is 1. The zero-order valence-electron chi connectivity index (χ0n) is 16.1.